The number of anilines is 2. The van der Waals surface area contributed by atoms with Gasteiger partial charge in [0, 0.05) is 30.2 Å². The summed E-state index contributed by atoms with van der Waals surface area (Å²) < 4.78 is 0. The second kappa shape index (κ2) is 9.47. The van der Waals surface area contributed by atoms with E-state index in [2.05, 4.69) is 20.9 Å². The van der Waals surface area contributed by atoms with E-state index in [-0.39, 0.29) is 17.9 Å². The number of rotatable bonds is 7. The molecule has 164 valence electrons. The van der Waals surface area contributed by atoms with Gasteiger partial charge < -0.3 is 21.1 Å². The van der Waals surface area contributed by atoms with Gasteiger partial charge in [-0.15, -0.1) is 0 Å². The van der Waals surface area contributed by atoms with Crippen LogP contribution in [0.15, 0.2) is 36.7 Å². The van der Waals surface area contributed by atoms with E-state index < -0.39 is 6.10 Å². The first-order valence-electron chi connectivity index (χ1n) is 11.1. The lowest BCUT2D eigenvalue weighted by atomic mass is 9.92. The summed E-state index contributed by atoms with van der Waals surface area (Å²) in [4.78, 5) is 29.7. The Kier molecular flexibility index (Phi) is 6.51. The van der Waals surface area contributed by atoms with Crippen LogP contribution < -0.4 is 16.0 Å². The lowest BCUT2D eigenvalue weighted by molar-refractivity contribution is 0.0717. The van der Waals surface area contributed by atoms with Crippen LogP contribution in [0.4, 0.5) is 11.4 Å². The lowest BCUT2D eigenvalue weighted by Gasteiger charge is -2.28. The fraction of sp³-hybridized carbons (Fsp3) is 0.458. The van der Waals surface area contributed by atoms with Crippen LogP contribution in [0.3, 0.4) is 0 Å². The molecule has 7 heteroatoms. The molecule has 2 atom stereocenters. The van der Waals surface area contributed by atoms with Crippen LogP contribution in [0.2, 0.25) is 0 Å². The summed E-state index contributed by atoms with van der Waals surface area (Å²) in [5.41, 5.74) is 3.18. The van der Waals surface area contributed by atoms with Gasteiger partial charge in [-0.1, -0.05) is 18.9 Å². The molecule has 1 aromatic heterocycles. The first kappa shape index (κ1) is 21.3. The van der Waals surface area contributed by atoms with Crippen molar-refractivity contribution in [1.82, 2.24) is 10.3 Å². The third-order valence-corrected chi connectivity index (χ3v) is 6.09. The van der Waals surface area contributed by atoms with Crippen LogP contribution in [0.1, 0.15) is 64.8 Å². The number of aliphatic hydroxyl groups is 1. The number of carbonyl (C=O) groups is 2. The molecule has 1 aromatic carbocycles. The standard InChI is InChI=1S/C24H30N4O3/c1-15-6-9-17(23(30)27-20-4-2-3-5-22(20)29)11-21(15)28-24(31)18-10-19(14-25-13-18)26-12-16-7-8-16/h6,9-11,13-14,16,20,22,26,29H,2-5,7-8,12H2,1H3,(H,27,30)(H,28,31)/t20-,22-/m0/s1. The topological polar surface area (TPSA) is 103 Å². The van der Waals surface area contributed by atoms with E-state index in [9.17, 15) is 14.7 Å². The van der Waals surface area contributed by atoms with Crippen LogP contribution in [-0.4, -0.2) is 40.6 Å². The highest BCUT2D eigenvalue weighted by Gasteiger charge is 2.25. The number of nitrogens with one attached hydrogen (secondary N) is 3. The molecule has 0 saturated heterocycles. The Labute approximate surface area is 182 Å². The van der Waals surface area contributed by atoms with E-state index in [1.165, 1.54) is 19.0 Å². The van der Waals surface area contributed by atoms with Gasteiger partial charge in [0.15, 0.2) is 0 Å². The van der Waals surface area contributed by atoms with Crippen molar-refractivity contribution in [2.24, 2.45) is 5.92 Å². The maximum Gasteiger partial charge on any atom is 0.257 e. The number of nitrogens with zero attached hydrogens (tertiary/aromatic N) is 1. The Morgan fingerprint density at radius 1 is 1.03 bits per heavy atom. The van der Waals surface area contributed by atoms with E-state index >= 15 is 0 Å². The highest BCUT2D eigenvalue weighted by Crippen LogP contribution is 2.29. The zero-order valence-corrected chi connectivity index (χ0v) is 17.9. The number of pyridine rings is 1. The molecule has 4 N–H and O–H groups in total. The SMILES string of the molecule is Cc1ccc(C(=O)N[C@H]2CCCC[C@@H]2O)cc1NC(=O)c1cncc(NCC2CC2)c1. The van der Waals surface area contributed by atoms with E-state index in [0.717, 1.165) is 43.0 Å². The first-order chi connectivity index (χ1) is 15.0. The Morgan fingerprint density at radius 3 is 2.61 bits per heavy atom. The maximum absolute atomic E-state index is 12.8. The summed E-state index contributed by atoms with van der Waals surface area (Å²) in [7, 11) is 0. The second-order valence-corrected chi connectivity index (χ2v) is 8.70. The van der Waals surface area contributed by atoms with Crippen molar-refractivity contribution in [2.75, 3.05) is 17.2 Å². The minimum Gasteiger partial charge on any atom is -0.391 e. The number of benzene rings is 1. The summed E-state index contributed by atoms with van der Waals surface area (Å²) in [5.74, 6) is 0.212. The van der Waals surface area contributed by atoms with Crippen molar-refractivity contribution in [3.63, 3.8) is 0 Å². The van der Waals surface area contributed by atoms with E-state index in [1.807, 2.05) is 13.0 Å². The van der Waals surface area contributed by atoms with E-state index in [0.29, 0.717) is 23.2 Å². The fourth-order valence-corrected chi connectivity index (χ4v) is 3.87. The molecule has 0 aliphatic heterocycles. The van der Waals surface area contributed by atoms with Gasteiger partial charge >= 0.3 is 0 Å². The molecule has 2 aromatic rings. The molecule has 2 aliphatic carbocycles. The Hall–Kier alpha value is -2.93. The van der Waals surface area contributed by atoms with Gasteiger partial charge in [-0.25, -0.2) is 0 Å². The zero-order chi connectivity index (χ0) is 21.8. The molecule has 0 spiro atoms. The average Bonchev–Trinajstić information content (AvgIpc) is 3.60. The molecule has 0 radical (unpaired) electrons. The van der Waals surface area contributed by atoms with Crippen molar-refractivity contribution in [3.05, 3.63) is 53.3 Å². The molecular formula is C24H30N4O3. The minimum absolute atomic E-state index is 0.224. The predicted octanol–water partition coefficient (Wildman–Crippen LogP) is 3.50. The number of hydrogen-bond acceptors (Lipinski definition) is 5. The van der Waals surface area contributed by atoms with Gasteiger partial charge in [-0.3, -0.25) is 14.6 Å². The Bertz CT molecular complexity index is 958. The summed E-state index contributed by atoms with van der Waals surface area (Å²) in [6.45, 7) is 2.78. The number of carbonyl (C=O) groups excluding carboxylic acids is 2. The number of aryl methyl sites for hydroxylation is 1. The Balaban J connectivity index is 1.42. The highest BCUT2D eigenvalue weighted by molar-refractivity contribution is 6.05. The zero-order valence-electron chi connectivity index (χ0n) is 17.9. The van der Waals surface area contributed by atoms with Crippen LogP contribution in [0.5, 0.6) is 0 Å². The maximum atomic E-state index is 12.8. The number of hydrogen-bond donors (Lipinski definition) is 4. The van der Waals surface area contributed by atoms with Gasteiger partial charge in [0.25, 0.3) is 11.8 Å². The quantitative estimate of drug-likeness (QED) is 0.547. The van der Waals surface area contributed by atoms with Gasteiger partial charge in [-0.05, 0) is 62.3 Å². The molecule has 31 heavy (non-hydrogen) atoms. The monoisotopic (exact) mass is 422 g/mol. The lowest BCUT2D eigenvalue weighted by Crippen LogP contribution is -2.45. The van der Waals surface area contributed by atoms with E-state index in [4.69, 9.17) is 0 Å². The fourth-order valence-electron chi connectivity index (χ4n) is 3.87. The van der Waals surface area contributed by atoms with Gasteiger partial charge in [-0.2, -0.15) is 0 Å². The predicted molar refractivity (Wildman–Crippen MR) is 120 cm³/mol. The van der Waals surface area contributed by atoms with Crippen LogP contribution in [-0.2, 0) is 0 Å². The number of aliphatic hydroxyl groups excluding tert-OH is 1. The van der Waals surface area contributed by atoms with Crippen molar-refractivity contribution in [3.8, 4) is 0 Å². The summed E-state index contributed by atoms with van der Waals surface area (Å²) in [6, 6.07) is 6.80. The van der Waals surface area contributed by atoms with Crippen LogP contribution >= 0.6 is 0 Å². The normalized spacial score (nSPS) is 20.7. The largest absolute Gasteiger partial charge is 0.391 e. The molecule has 2 fully saturated rings. The summed E-state index contributed by atoms with van der Waals surface area (Å²) >= 11 is 0. The van der Waals surface area contributed by atoms with Gasteiger partial charge in [0.1, 0.15) is 0 Å². The first-order valence-corrected chi connectivity index (χ1v) is 11.1. The molecule has 4 rings (SSSR count). The molecule has 1 heterocycles. The summed E-state index contributed by atoms with van der Waals surface area (Å²) in [6.07, 6.45) is 8.73. The molecule has 7 nitrogen and oxygen atoms in total. The minimum atomic E-state index is -0.504. The Morgan fingerprint density at radius 2 is 1.84 bits per heavy atom. The molecule has 2 aliphatic rings. The van der Waals surface area contributed by atoms with Crippen molar-refractivity contribution < 1.29 is 14.7 Å². The van der Waals surface area contributed by atoms with Crippen molar-refractivity contribution in [2.45, 2.75) is 57.6 Å². The molecular weight excluding hydrogens is 392 g/mol. The molecule has 2 saturated carbocycles. The molecule has 2 amide bonds. The van der Waals surface area contributed by atoms with Gasteiger partial charge in [0.05, 0.1) is 23.4 Å². The highest BCUT2D eigenvalue weighted by atomic mass is 16.3. The number of aromatic nitrogens is 1. The van der Waals surface area contributed by atoms with Crippen LogP contribution in [0, 0.1) is 12.8 Å². The third-order valence-electron chi connectivity index (χ3n) is 6.09. The molecule has 0 bridgehead atoms. The second-order valence-electron chi connectivity index (χ2n) is 8.70. The van der Waals surface area contributed by atoms with Crippen molar-refractivity contribution >= 4 is 23.2 Å². The van der Waals surface area contributed by atoms with Crippen molar-refractivity contribution in [1.29, 1.82) is 0 Å². The number of amides is 2. The molecule has 0 unspecified atom stereocenters. The van der Waals surface area contributed by atoms with E-state index in [1.54, 1.807) is 24.4 Å². The average molecular weight is 423 g/mol. The van der Waals surface area contributed by atoms with Crippen LogP contribution in [0.25, 0.3) is 0 Å². The van der Waals surface area contributed by atoms with Gasteiger partial charge in [0.2, 0.25) is 0 Å². The smallest absolute Gasteiger partial charge is 0.257 e. The summed E-state index contributed by atoms with van der Waals surface area (Å²) in [5, 5.41) is 19.3. The third kappa shape index (κ3) is 5.61.